The maximum Gasteiger partial charge on any atom is 0.128 e. The van der Waals surface area contributed by atoms with E-state index in [1.165, 1.54) is 0 Å². The molecular formula is C9H11NO. The highest BCUT2D eigenvalue weighted by Crippen LogP contribution is 2.30. The van der Waals surface area contributed by atoms with Crippen LogP contribution in [0.2, 0.25) is 0 Å². The van der Waals surface area contributed by atoms with Gasteiger partial charge in [0.25, 0.3) is 0 Å². The zero-order valence-electron chi connectivity index (χ0n) is 6.45. The molecule has 58 valence electrons. The van der Waals surface area contributed by atoms with Crippen molar-refractivity contribution in [1.82, 2.24) is 0 Å². The molecular weight excluding hydrogens is 138 g/mol. The van der Waals surface area contributed by atoms with Gasteiger partial charge in [0.15, 0.2) is 0 Å². The first kappa shape index (κ1) is 6.53. The largest absolute Gasteiger partial charge is 0.490 e. The summed E-state index contributed by atoms with van der Waals surface area (Å²) in [5, 5.41) is 0. The molecule has 2 atom stereocenters. The molecule has 0 bridgehead atoms. The fourth-order valence-corrected chi connectivity index (χ4v) is 1.51. The van der Waals surface area contributed by atoms with Crippen molar-refractivity contribution in [3.05, 3.63) is 35.8 Å². The van der Waals surface area contributed by atoms with Crippen molar-refractivity contribution in [2.75, 3.05) is 0 Å². The Morgan fingerprint density at radius 2 is 2.36 bits per heavy atom. The molecule has 0 aromatic carbocycles. The van der Waals surface area contributed by atoms with E-state index in [-0.39, 0.29) is 12.0 Å². The summed E-state index contributed by atoms with van der Waals surface area (Å²) >= 11 is 0. The van der Waals surface area contributed by atoms with Gasteiger partial charge in [-0.15, -0.1) is 0 Å². The van der Waals surface area contributed by atoms with Crippen LogP contribution >= 0.6 is 0 Å². The predicted octanol–water partition coefficient (Wildman–Crippen LogP) is 1.32. The number of hydrogen-bond acceptors (Lipinski definition) is 2. The lowest BCUT2D eigenvalue weighted by Crippen LogP contribution is -2.22. The first-order valence-electron chi connectivity index (χ1n) is 3.76. The number of rotatable bonds is 0. The van der Waals surface area contributed by atoms with Crippen molar-refractivity contribution in [3.63, 3.8) is 0 Å². The Morgan fingerprint density at radius 1 is 1.55 bits per heavy atom. The molecule has 0 amide bonds. The molecule has 2 unspecified atom stereocenters. The molecule has 1 aliphatic heterocycles. The van der Waals surface area contributed by atoms with Gasteiger partial charge in [-0.3, -0.25) is 0 Å². The molecule has 0 saturated carbocycles. The minimum absolute atomic E-state index is 0.153. The van der Waals surface area contributed by atoms with E-state index in [9.17, 15) is 0 Å². The number of allylic oxidation sites excluding steroid dienone is 3. The van der Waals surface area contributed by atoms with E-state index >= 15 is 0 Å². The second kappa shape index (κ2) is 2.16. The van der Waals surface area contributed by atoms with Crippen LogP contribution in [0, 0.1) is 5.92 Å². The van der Waals surface area contributed by atoms with Crippen molar-refractivity contribution in [1.29, 1.82) is 0 Å². The van der Waals surface area contributed by atoms with Crippen LogP contribution in [-0.2, 0) is 4.74 Å². The van der Waals surface area contributed by atoms with Gasteiger partial charge in [-0.1, -0.05) is 6.08 Å². The molecule has 11 heavy (non-hydrogen) atoms. The van der Waals surface area contributed by atoms with Crippen LogP contribution in [0.5, 0.6) is 0 Å². The van der Waals surface area contributed by atoms with E-state index in [2.05, 4.69) is 6.08 Å². The number of ether oxygens (including phenoxy) is 1. The molecule has 0 radical (unpaired) electrons. The van der Waals surface area contributed by atoms with Crippen molar-refractivity contribution < 1.29 is 4.74 Å². The highest BCUT2D eigenvalue weighted by molar-refractivity contribution is 5.29. The molecule has 2 rings (SSSR count). The third kappa shape index (κ3) is 0.946. The van der Waals surface area contributed by atoms with Gasteiger partial charge in [0.1, 0.15) is 6.10 Å². The maximum absolute atomic E-state index is 5.77. The van der Waals surface area contributed by atoms with Crippen LogP contribution in [0.4, 0.5) is 0 Å². The lowest BCUT2D eigenvalue weighted by Gasteiger charge is -2.18. The zero-order valence-corrected chi connectivity index (χ0v) is 6.45. The first-order valence-corrected chi connectivity index (χ1v) is 3.76. The van der Waals surface area contributed by atoms with Crippen LogP contribution in [0.3, 0.4) is 0 Å². The molecule has 0 aromatic rings. The summed E-state index contributed by atoms with van der Waals surface area (Å²) in [7, 11) is 0. The van der Waals surface area contributed by atoms with E-state index in [0.717, 1.165) is 11.5 Å². The van der Waals surface area contributed by atoms with Gasteiger partial charge in [-0.05, 0) is 25.2 Å². The summed E-state index contributed by atoms with van der Waals surface area (Å²) in [5.41, 5.74) is 6.66. The summed E-state index contributed by atoms with van der Waals surface area (Å²) in [6.45, 7) is 1.96. The minimum Gasteiger partial charge on any atom is -0.490 e. The highest BCUT2D eigenvalue weighted by Gasteiger charge is 2.28. The molecule has 0 fully saturated rings. The molecule has 2 aliphatic rings. The van der Waals surface area contributed by atoms with Crippen molar-refractivity contribution in [2.45, 2.75) is 13.0 Å². The van der Waals surface area contributed by atoms with Gasteiger partial charge in [0.05, 0.1) is 11.7 Å². The molecule has 2 heteroatoms. The molecule has 2 N–H and O–H groups in total. The molecule has 1 heterocycles. The van der Waals surface area contributed by atoms with Gasteiger partial charge in [-0.2, -0.15) is 0 Å². The summed E-state index contributed by atoms with van der Waals surface area (Å²) in [4.78, 5) is 0. The Hall–Kier alpha value is -1.18. The van der Waals surface area contributed by atoms with Gasteiger partial charge in [0.2, 0.25) is 0 Å². The summed E-state index contributed by atoms with van der Waals surface area (Å²) in [6.07, 6.45) is 8.14. The van der Waals surface area contributed by atoms with Crippen LogP contribution < -0.4 is 5.73 Å². The van der Waals surface area contributed by atoms with Crippen LogP contribution in [0.15, 0.2) is 35.8 Å². The monoisotopic (exact) mass is 149 g/mol. The minimum atomic E-state index is 0.153. The maximum atomic E-state index is 5.77. The van der Waals surface area contributed by atoms with Crippen LogP contribution in [0.1, 0.15) is 6.92 Å². The molecule has 1 aliphatic carbocycles. The Balaban J connectivity index is 2.30. The van der Waals surface area contributed by atoms with E-state index < -0.39 is 0 Å². The summed E-state index contributed by atoms with van der Waals surface area (Å²) in [5.74, 6) is 1.25. The second-order valence-corrected chi connectivity index (χ2v) is 2.94. The van der Waals surface area contributed by atoms with Gasteiger partial charge >= 0.3 is 0 Å². The second-order valence-electron chi connectivity index (χ2n) is 2.94. The average molecular weight is 149 g/mol. The number of hydrogen-bond donors (Lipinski definition) is 1. The van der Waals surface area contributed by atoms with Crippen molar-refractivity contribution in [3.8, 4) is 0 Å². The lowest BCUT2D eigenvalue weighted by atomic mass is 9.95. The molecule has 0 saturated heterocycles. The smallest absolute Gasteiger partial charge is 0.128 e. The van der Waals surface area contributed by atoms with Gasteiger partial charge in [-0.25, -0.2) is 0 Å². The fraction of sp³-hybridized carbons (Fsp3) is 0.333. The SMILES string of the molecule is CC1=CC2C(N)=CC=CC2O1. The number of fused-ring (bicyclic) bond motifs is 1. The zero-order chi connectivity index (χ0) is 7.84. The van der Waals surface area contributed by atoms with Crippen LogP contribution in [-0.4, -0.2) is 6.10 Å². The number of nitrogens with two attached hydrogens (primary N) is 1. The Kier molecular flexibility index (Phi) is 1.28. The normalized spacial score (nSPS) is 33.9. The summed E-state index contributed by atoms with van der Waals surface area (Å²) in [6, 6.07) is 0. The standard InChI is InChI=1S/C9H11NO/c1-6-5-7-8(10)3-2-4-9(7)11-6/h2-5,7,9H,10H2,1H3. The van der Waals surface area contributed by atoms with E-state index in [4.69, 9.17) is 10.5 Å². The van der Waals surface area contributed by atoms with E-state index in [0.29, 0.717) is 0 Å². The van der Waals surface area contributed by atoms with Gasteiger partial charge < -0.3 is 10.5 Å². The predicted molar refractivity (Wildman–Crippen MR) is 43.5 cm³/mol. The third-order valence-electron chi connectivity index (χ3n) is 2.06. The summed E-state index contributed by atoms with van der Waals surface area (Å²) < 4.78 is 5.49. The average Bonchev–Trinajstić information content (AvgIpc) is 2.31. The molecule has 0 spiro atoms. The fourth-order valence-electron chi connectivity index (χ4n) is 1.51. The van der Waals surface area contributed by atoms with Gasteiger partial charge in [0, 0.05) is 5.70 Å². The van der Waals surface area contributed by atoms with E-state index in [1.54, 1.807) is 0 Å². The van der Waals surface area contributed by atoms with Crippen LogP contribution in [0.25, 0.3) is 0 Å². The Bertz CT molecular complexity index is 263. The highest BCUT2D eigenvalue weighted by atomic mass is 16.5. The molecule has 0 aromatic heterocycles. The van der Waals surface area contributed by atoms with Crippen molar-refractivity contribution >= 4 is 0 Å². The quantitative estimate of drug-likeness (QED) is 0.563. The van der Waals surface area contributed by atoms with Crippen molar-refractivity contribution in [2.24, 2.45) is 11.7 Å². The molecule has 2 nitrogen and oxygen atoms in total. The Labute approximate surface area is 66.0 Å². The first-order chi connectivity index (χ1) is 5.27. The third-order valence-corrected chi connectivity index (χ3v) is 2.06. The Morgan fingerprint density at radius 3 is 3.09 bits per heavy atom. The lowest BCUT2D eigenvalue weighted by molar-refractivity contribution is 0.162. The van der Waals surface area contributed by atoms with E-state index in [1.807, 2.05) is 25.2 Å². The topological polar surface area (TPSA) is 35.2 Å².